The fourth-order valence-electron chi connectivity index (χ4n) is 2.15. The number of carbonyl (C=O) groups excluding carboxylic acids is 1. The number of hydrogen-bond acceptors (Lipinski definition) is 2. The van der Waals surface area contributed by atoms with E-state index in [-0.39, 0.29) is 0 Å². The van der Waals surface area contributed by atoms with Crippen LogP contribution in [0.25, 0.3) is 0 Å². The smallest absolute Gasteiger partial charge is 0.211 e. The summed E-state index contributed by atoms with van der Waals surface area (Å²) in [4.78, 5) is 13.5. The van der Waals surface area contributed by atoms with Gasteiger partial charge in [-0.05, 0) is 36.3 Å². The average Bonchev–Trinajstić information content (AvgIpc) is 2.60. The summed E-state index contributed by atoms with van der Waals surface area (Å²) in [5, 5.41) is 0. The van der Waals surface area contributed by atoms with Crippen LogP contribution in [0.15, 0.2) is 29.3 Å². The van der Waals surface area contributed by atoms with Crippen molar-refractivity contribution in [3.05, 3.63) is 35.4 Å². The van der Waals surface area contributed by atoms with E-state index >= 15 is 0 Å². The van der Waals surface area contributed by atoms with E-state index in [0.29, 0.717) is 12.5 Å². The maximum Gasteiger partial charge on any atom is 0.234 e. The van der Waals surface area contributed by atoms with Crippen LogP contribution in [0.5, 0.6) is 0 Å². The van der Waals surface area contributed by atoms with Gasteiger partial charge in [0.2, 0.25) is 6.08 Å². The van der Waals surface area contributed by atoms with E-state index in [4.69, 9.17) is 0 Å². The van der Waals surface area contributed by atoms with E-state index in [2.05, 4.69) is 29.3 Å². The molecule has 2 rings (SSSR count). The number of rotatable bonds is 3. The number of fused-ring (bicyclic) bond motifs is 1. The second kappa shape index (κ2) is 4.21. The molecule has 1 aliphatic rings. The van der Waals surface area contributed by atoms with Crippen LogP contribution in [0.1, 0.15) is 17.5 Å². The zero-order chi connectivity index (χ0) is 9.80. The lowest BCUT2D eigenvalue weighted by molar-refractivity contribution is 0.518. The summed E-state index contributed by atoms with van der Waals surface area (Å²) in [5.74, 6) is 0.671. The van der Waals surface area contributed by atoms with Crippen molar-refractivity contribution in [2.75, 3.05) is 6.54 Å². The summed E-state index contributed by atoms with van der Waals surface area (Å²) >= 11 is 0. The first-order valence-electron chi connectivity index (χ1n) is 5.00. The molecule has 0 amide bonds. The minimum Gasteiger partial charge on any atom is -0.211 e. The molecule has 0 saturated carbocycles. The molecule has 0 fully saturated rings. The Kier molecular flexibility index (Phi) is 2.76. The molecule has 14 heavy (non-hydrogen) atoms. The van der Waals surface area contributed by atoms with E-state index in [1.807, 2.05) is 0 Å². The minimum absolute atomic E-state index is 0.627. The van der Waals surface area contributed by atoms with Gasteiger partial charge in [-0.15, -0.1) is 0 Å². The van der Waals surface area contributed by atoms with Gasteiger partial charge >= 0.3 is 0 Å². The summed E-state index contributed by atoms with van der Waals surface area (Å²) in [6.07, 6.45) is 4.88. The Balaban J connectivity index is 1.94. The molecule has 0 bridgehead atoms. The molecule has 0 saturated heterocycles. The van der Waals surface area contributed by atoms with Crippen molar-refractivity contribution in [1.29, 1.82) is 0 Å². The van der Waals surface area contributed by atoms with E-state index < -0.39 is 0 Å². The lowest BCUT2D eigenvalue weighted by Gasteiger charge is -2.04. The van der Waals surface area contributed by atoms with Gasteiger partial charge < -0.3 is 0 Å². The first kappa shape index (κ1) is 9.17. The molecule has 0 aromatic heterocycles. The number of isocyanates is 1. The number of benzene rings is 1. The molecule has 1 aromatic rings. The molecule has 72 valence electrons. The van der Waals surface area contributed by atoms with Crippen LogP contribution in [0.4, 0.5) is 0 Å². The number of aliphatic imine (C=N–C) groups is 1. The van der Waals surface area contributed by atoms with Crippen molar-refractivity contribution in [2.24, 2.45) is 10.9 Å². The van der Waals surface area contributed by atoms with Gasteiger partial charge in [-0.1, -0.05) is 24.3 Å². The second-order valence-electron chi connectivity index (χ2n) is 3.80. The van der Waals surface area contributed by atoms with Crippen LogP contribution in [-0.2, 0) is 17.6 Å². The van der Waals surface area contributed by atoms with Gasteiger partial charge in [0.05, 0.1) is 6.54 Å². The Labute approximate surface area is 83.7 Å². The number of hydrogen-bond donors (Lipinski definition) is 0. The zero-order valence-electron chi connectivity index (χ0n) is 8.07. The minimum atomic E-state index is 0.627. The third-order valence-electron chi connectivity index (χ3n) is 2.85. The lowest BCUT2D eigenvalue weighted by Crippen LogP contribution is -2.01. The normalized spacial score (nSPS) is 14.9. The first-order valence-corrected chi connectivity index (χ1v) is 5.00. The van der Waals surface area contributed by atoms with Crippen molar-refractivity contribution in [3.8, 4) is 0 Å². The summed E-state index contributed by atoms with van der Waals surface area (Å²) in [5.41, 5.74) is 2.93. The fraction of sp³-hybridized carbons (Fsp3) is 0.417. The Hall–Kier alpha value is -1.40. The molecule has 1 aliphatic carbocycles. The molecule has 0 unspecified atom stereocenters. The van der Waals surface area contributed by atoms with Crippen LogP contribution >= 0.6 is 0 Å². The molecule has 0 N–H and O–H groups in total. The zero-order valence-corrected chi connectivity index (χ0v) is 8.07. The van der Waals surface area contributed by atoms with Crippen LogP contribution in [0.3, 0.4) is 0 Å². The first-order chi connectivity index (χ1) is 6.90. The van der Waals surface area contributed by atoms with Gasteiger partial charge in [0, 0.05) is 0 Å². The van der Waals surface area contributed by atoms with Gasteiger partial charge in [0.15, 0.2) is 0 Å². The van der Waals surface area contributed by atoms with Crippen LogP contribution in [0, 0.1) is 5.92 Å². The van der Waals surface area contributed by atoms with E-state index in [1.54, 1.807) is 6.08 Å². The summed E-state index contributed by atoms with van der Waals surface area (Å²) < 4.78 is 0. The van der Waals surface area contributed by atoms with Gasteiger partial charge in [0.25, 0.3) is 0 Å². The predicted octanol–water partition coefficient (Wildman–Crippen LogP) is 2.13. The van der Waals surface area contributed by atoms with Gasteiger partial charge in [0.1, 0.15) is 0 Å². The predicted molar refractivity (Wildman–Crippen MR) is 54.9 cm³/mol. The van der Waals surface area contributed by atoms with Crippen molar-refractivity contribution in [3.63, 3.8) is 0 Å². The highest BCUT2D eigenvalue weighted by Gasteiger charge is 2.19. The summed E-state index contributed by atoms with van der Waals surface area (Å²) in [6.45, 7) is 0.627. The topological polar surface area (TPSA) is 29.4 Å². The largest absolute Gasteiger partial charge is 0.234 e. The molecule has 0 atom stereocenters. The van der Waals surface area contributed by atoms with Crippen LogP contribution in [0.2, 0.25) is 0 Å². The van der Waals surface area contributed by atoms with Crippen molar-refractivity contribution in [2.45, 2.75) is 19.3 Å². The monoisotopic (exact) mass is 187 g/mol. The maximum atomic E-state index is 9.91. The number of nitrogens with zero attached hydrogens (tertiary/aromatic N) is 1. The molecule has 0 spiro atoms. The molecule has 0 radical (unpaired) electrons. The quantitative estimate of drug-likeness (QED) is 0.526. The van der Waals surface area contributed by atoms with Gasteiger partial charge in [-0.25, -0.2) is 9.79 Å². The SMILES string of the molecule is O=C=NCCC1Cc2ccccc2C1. The van der Waals surface area contributed by atoms with Crippen molar-refractivity contribution in [1.82, 2.24) is 0 Å². The molecule has 1 aromatic carbocycles. The Morgan fingerprint density at radius 2 is 1.93 bits per heavy atom. The van der Waals surface area contributed by atoms with E-state index in [1.165, 1.54) is 11.1 Å². The van der Waals surface area contributed by atoms with Crippen molar-refractivity contribution < 1.29 is 4.79 Å². The highest BCUT2D eigenvalue weighted by atomic mass is 16.1. The Morgan fingerprint density at radius 1 is 1.29 bits per heavy atom. The molecular formula is C12H13NO. The van der Waals surface area contributed by atoms with Crippen LogP contribution in [-0.4, -0.2) is 12.6 Å². The van der Waals surface area contributed by atoms with Gasteiger partial charge in [-0.3, -0.25) is 0 Å². The Morgan fingerprint density at radius 3 is 2.50 bits per heavy atom. The average molecular weight is 187 g/mol. The summed E-state index contributed by atoms with van der Waals surface area (Å²) in [7, 11) is 0. The molecule has 0 aliphatic heterocycles. The molecule has 2 nitrogen and oxygen atoms in total. The standard InChI is InChI=1S/C12H13NO/c14-9-13-6-5-10-7-11-3-1-2-4-12(11)8-10/h1-4,10H,5-8H2. The van der Waals surface area contributed by atoms with Gasteiger partial charge in [-0.2, -0.15) is 0 Å². The molecule has 0 heterocycles. The fourth-order valence-corrected chi connectivity index (χ4v) is 2.15. The van der Waals surface area contributed by atoms with E-state index in [9.17, 15) is 4.79 Å². The highest BCUT2D eigenvalue weighted by Crippen LogP contribution is 2.28. The third-order valence-corrected chi connectivity index (χ3v) is 2.85. The molecule has 2 heteroatoms. The lowest BCUT2D eigenvalue weighted by atomic mass is 10.0. The summed E-state index contributed by atoms with van der Waals surface area (Å²) in [6, 6.07) is 8.56. The van der Waals surface area contributed by atoms with Crippen molar-refractivity contribution >= 4 is 6.08 Å². The highest BCUT2D eigenvalue weighted by molar-refractivity contribution is 5.33. The maximum absolute atomic E-state index is 9.91. The third kappa shape index (κ3) is 1.91. The molecular weight excluding hydrogens is 174 g/mol. The second-order valence-corrected chi connectivity index (χ2v) is 3.80. The van der Waals surface area contributed by atoms with E-state index in [0.717, 1.165) is 19.3 Å². The van der Waals surface area contributed by atoms with Crippen LogP contribution < -0.4 is 0 Å². The Bertz CT molecular complexity index is 341.